The minimum Gasteiger partial charge on any atom is -0.207 e. The van der Waals surface area contributed by atoms with Crippen LogP contribution >= 0.6 is 39.1 Å². The highest BCUT2D eigenvalue weighted by atomic mass is 79.9. The fourth-order valence-electron chi connectivity index (χ4n) is 2.15. The molecule has 1 unspecified atom stereocenters. The minimum atomic E-state index is -0.206. The highest BCUT2D eigenvalue weighted by molar-refractivity contribution is 9.09. The molecular formula is C16H14BrCl2F. The van der Waals surface area contributed by atoms with E-state index in [0.717, 1.165) is 29.3 Å². The molecule has 0 nitrogen and oxygen atoms in total. The van der Waals surface area contributed by atoms with Gasteiger partial charge in [-0.3, -0.25) is 0 Å². The Morgan fingerprint density at radius 2 is 1.70 bits per heavy atom. The Bertz CT molecular complexity index is 569. The number of hydrogen-bond donors (Lipinski definition) is 0. The predicted octanol–water partition coefficient (Wildman–Crippen LogP) is 5.93. The van der Waals surface area contributed by atoms with Gasteiger partial charge in [0.2, 0.25) is 0 Å². The molecule has 0 saturated heterocycles. The van der Waals surface area contributed by atoms with Gasteiger partial charge in [-0.1, -0.05) is 63.4 Å². The van der Waals surface area contributed by atoms with Gasteiger partial charge in [-0.2, -0.15) is 0 Å². The van der Waals surface area contributed by atoms with Crippen molar-refractivity contribution in [2.45, 2.75) is 12.8 Å². The lowest BCUT2D eigenvalue weighted by Gasteiger charge is -2.15. The maximum atomic E-state index is 12.9. The Morgan fingerprint density at radius 1 is 1.00 bits per heavy atom. The molecule has 0 aliphatic heterocycles. The van der Waals surface area contributed by atoms with Crippen molar-refractivity contribution in [3.05, 3.63) is 69.5 Å². The molecule has 0 spiro atoms. The molecule has 0 radical (unpaired) electrons. The van der Waals surface area contributed by atoms with E-state index >= 15 is 0 Å². The average molecular weight is 376 g/mol. The fourth-order valence-corrected chi connectivity index (χ4v) is 3.01. The highest BCUT2D eigenvalue weighted by Crippen LogP contribution is 2.28. The van der Waals surface area contributed by atoms with Crippen molar-refractivity contribution in [3.8, 4) is 0 Å². The zero-order chi connectivity index (χ0) is 14.5. The van der Waals surface area contributed by atoms with Gasteiger partial charge in [-0.25, -0.2) is 4.39 Å². The summed E-state index contributed by atoms with van der Waals surface area (Å²) < 4.78 is 12.9. The van der Waals surface area contributed by atoms with Crippen molar-refractivity contribution >= 4 is 39.1 Å². The maximum absolute atomic E-state index is 12.9. The molecule has 4 heteroatoms. The van der Waals surface area contributed by atoms with Crippen LogP contribution in [0.1, 0.15) is 11.1 Å². The van der Waals surface area contributed by atoms with Gasteiger partial charge in [0.1, 0.15) is 5.82 Å². The van der Waals surface area contributed by atoms with Crippen LogP contribution in [0.2, 0.25) is 10.0 Å². The Hall–Kier alpha value is -0.570. The van der Waals surface area contributed by atoms with Crippen LogP contribution < -0.4 is 0 Å². The fraction of sp³-hybridized carbons (Fsp3) is 0.250. The number of alkyl halides is 1. The summed E-state index contributed by atoms with van der Waals surface area (Å²) in [4.78, 5) is 0. The normalized spacial score (nSPS) is 12.4. The largest absolute Gasteiger partial charge is 0.207 e. The average Bonchev–Trinajstić information content (AvgIpc) is 2.45. The van der Waals surface area contributed by atoms with E-state index in [0.29, 0.717) is 16.0 Å². The second kappa shape index (κ2) is 7.44. The molecule has 0 fully saturated rings. The first-order valence-electron chi connectivity index (χ1n) is 6.33. The van der Waals surface area contributed by atoms with Crippen LogP contribution in [0.4, 0.5) is 4.39 Å². The minimum absolute atomic E-state index is 0.206. The summed E-state index contributed by atoms with van der Waals surface area (Å²) in [6, 6.07) is 12.3. The molecule has 2 aromatic carbocycles. The van der Waals surface area contributed by atoms with E-state index < -0.39 is 0 Å². The molecule has 0 aliphatic carbocycles. The van der Waals surface area contributed by atoms with Gasteiger partial charge in [-0.05, 0) is 48.1 Å². The summed E-state index contributed by atoms with van der Waals surface area (Å²) in [5.41, 5.74) is 2.17. The van der Waals surface area contributed by atoms with Crippen LogP contribution in [-0.4, -0.2) is 5.33 Å². The van der Waals surface area contributed by atoms with Crippen molar-refractivity contribution in [1.29, 1.82) is 0 Å². The molecule has 106 valence electrons. The van der Waals surface area contributed by atoms with Gasteiger partial charge in [0.25, 0.3) is 0 Å². The molecule has 0 saturated carbocycles. The zero-order valence-corrected chi connectivity index (χ0v) is 13.8. The Kier molecular flexibility index (Phi) is 5.88. The highest BCUT2D eigenvalue weighted by Gasteiger charge is 2.13. The number of hydrogen-bond acceptors (Lipinski definition) is 0. The molecule has 0 aromatic heterocycles. The lowest BCUT2D eigenvalue weighted by molar-refractivity contribution is 0.588. The lowest BCUT2D eigenvalue weighted by atomic mass is 9.94. The summed E-state index contributed by atoms with van der Waals surface area (Å²) in [5.74, 6) is 0.179. The molecule has 1 atom stereocenters. The molecule has 0 amide bonds. The lowest BCUT2D eigenvalue weighted by Crippen LogP contribution is -2.10. The van der Waals surface area contributed by atoms with Crippen molar-refractivity contribution in [2.24, 2.45) is 5.92 Å². The van der Waals surface area contributed by atoms with E-state index in [4.69, 9.17) is 23.2 Å². The van der Waals surface area contributed by atoms with Gasteiger partial charge in [0.15, 0.2) is 0 Å². The summed E-state index contributed by atoms with van der Waals surface area (Å²) in [7, 11) is 0. The van der Waals surface area contributed by atoms with E-state index in [1.807, 2.05) is 24.3 Å². The predicted molar refractivity (Wildman–Crippen MR) is 87.6 cm³/mol. The molecule has 0 N–H and O–H groups in total. The Balaban J connectivity index is 2.09. The van der Waals surface area contributed by atoms with Gasteiger partial charge in [0.05, 0.1) is 10.0 Å². The smallest absolute Gasteiger partial charge is 0.123 e. The summed E-state index contributed by atoms with van der Waals surface area (Å²) in [6.07, 6.45) is 1.70. The van der Waals surface area contributed by atoms with E-state index in [1.54, 1.807) is 6.07 Å². The molecule has 2 aromatic rings. The van der Waals surface area contributed by atoms with Crippen molar-refractivity contribution in [1.82, 2.24) is 0 Å². The van der Waals surface area contributed by atoms with Gasteiger partial charge >= 0.3 is 0 Å². The number of halogens is 4. The molecule has 0 heterocycles. The van der Waals surface area contributed by atoms with Crippen molar-refractivity contribution in [3.63, 3.8) is 0 Å². The third kappa shape index (κ3) is 4.21. The molecular weight excluding hydrogens is 362 g/mol. The quantitative estimate of drug-likeness (QED) is 0.568. The molecule has 2 rings (SSSR count). The van der Waals surface area contributed by atoms with Crippen LogP contribution in [0.5, 0.6) is 0 Å². The summed E-state index contributed by atoms with van der Waals surface area (Å²) in [5, 5.41) is 2.06. The standard InChI is InChI=1S/C16H14BrCl2F/c17-10-12(8-11-4-6-14(20)7-5-11)9-13-2-1-3-15(18)16(13)19/h1-7,12H,8-10H2. The molecule has 20 heavy (non-hydrogen) atoms. The second-order valence-electron chi connectivity index (χ2n) is 4.77. The van der Waals surface area contributed by atoms with Crippen LogP contribution in [0, 0.1) is 11.7 Å². The third-order valence-electron chi connectivity index (χ3n) is 3.20. The van der Waals surface area contributed by atoms with Crippen LogP contribution in [0.15, 0.2) is 42.5 Å². The zero-order valence-electron chi connectivity index (χ0n) is 10.8. The third-order valence-corrected chi connectivity index (χ3v) is 4.97. The SMILES string of the molecule is Fc1ccc(CC(CBr)Cc2cccc(Cl)c2Cl)cc1. The van der Waals surface area contributed by atoms with E-state index in [9.17, 15) is 4.39 Å². The second-order valence-corrected chi connectivity index (χ2v) is 6.20. The first-order chi connectivity index (χ1) is 9.60. The maximum Gasteiger partial charge on any atom is 0.123 e. The molecule has 0 bridgehead atoms. The number of benzene rings is 2. The van der Waals surface area contributed by atoms with Crippen LogP contribution in [0.25, 0.3) is 0 Å². The summed E-state index contributed by atoms with van der Waals surface area (Å²) >= 11 is 15.8. The van der Waals surface area contributed by atoms with Gasteiger partial charge in [0, 0.05) is 5.33 Å². The Labute approximate surface area is 137 Å². The van der Waals surface area contributed by atoms with Gasteiger partial charge < -0.3 is 0 Å². The monoisotopic (exact) mass is 374 g/mol. The topological polar surface area (TPSA) is 0 Å². The van der Waals surface area contributed by atoms with Gasteiger partial charge in [-0.15, -0.1) is 0 Å². The van der Waals surface area contributed by atoms with Crippen LogP contribution in [0.3, 0.4) is 0 Å². The van der Waals surface area contributed by atoms with Crippen molar-refractivity contribution in [2.75, 3.05) is 5.33 Å². The van der Waals surface area contributed by atoms with E-state index in [2.05, 4.69) is 15.9 Å². The number of rotatable bonds is 5. The summed E-state index contributed by atoms with van der Waals surface area (Å²) in [6.45, 7) is 0. The van der Waals surface area contributed by atoms with Crippen LogP contribution in [-0.2, 0) is 12.8 Å². The first-order valence-corrected chi connectivity index (χ1v) is 8.21. The van der Waals surface area contributed by atoms with E-state index in [-0.39, 0.29) is 5.82 Å². The van der Waals surface area contributed by atoms with Crippen molar-refractivity contribution < 1.29 is 4.39 Å². The Morgan fingerprint density at radius 3 is 2.35 bits per heavy atom. The molecule has 0 aliphatic rings. The van der Waals surface area contributed by atoms with E-state index in [1.165, 1.54) is 12.1 Å². The first kappa shape index (κ1) is 15.8.